The average molecular weight is 235 g/mol. The van der Waals surface area contributed by atoms with Crippen LogP contribution in [0.3, 0.4) is 0 Å². The molecule has 1 heterocycles. The van der Waals surface area contributed by atoms with Gasteiger partial charge < -0.3 is 21.1 Å². The van der Waals surface area contributed by atoms with Gasteiger partial charge in [0.1, 0.15) is 5.82 Å². The third-order valence-electron chi connectivity index (χ3n) is 2.59. The lowest BCUT2D eigenvalue weighted by molar-refractivity contribution is 0.356. The molecule has 0 saturated carbocycles. The van der Waals surface area contributed by atoms with Crippen LogP contribution in [0.15, 0.2) is 23.0 Å². The van der Waals surface area contributed by atoms with E-state index in [0.29, 0.717) is 22.3 Å². The zero-order valence-electron chi connectivity index (χ0n) is 9.56. The van der Waals surface area contributed by atoms with E-state index < -0.39 is 0 Å². The van der Waals surface area contributed by atoms with E-state index in [2.05, 4.69) is 0 Å². The Labute approximate surface area is 97.3 Å². The lowest BCUT2D eigenvalue weighted by atomic mass is 10.1. The van der Waals surface area contributed by atoms with E-state index in [1.54, 1.807) is 18.2 Å². The summed E-state index contributed by atoms with van der Waals surface area (Å²) in [6.45, 7) is 0. The highest BCUT2D eigenvalue weighted by atomic mass is 16.5. The largest absolute Gasteiger partial charge is 0.493 e. The van der Waals surface area contributed by atoms with Gasteiger partial charge in [0, 0.05) is 0 Å². The van der Waals surface area contributed by atoms with Crippen molar-refractivity contribution in [2.24, 2.45) is 0 Å². The number of aromatic nitrogens is 1. The van der Waals surface area contributed by atoms with Crippen molar-refractivity contribution in [2.75, 3.05) is 25.8 Å². The summed E-state index contributed by atoms with van der Waals surface area (Å²) in [5.41, 5.74) is 5.24. The maximum atomic E-state index is 11.9. The molecule has 17 heavy (non-hydrogen) atoms. The van der Waals surface area contributed by atoms with Crippen LogP contribution in [0.1, 0.15) is 0 Å². The smallest absolute Gasteiger partial charge is 0.278 e. The monoisotopic (exact) mass is 235 g/mol. The number of pyridine rings is 1. The molecule has 90 valence electrons. The van der Waals surface area contributed by atoms with Crippen LogP contribution in [0.2, 0.25) is 0 Å². The van der Waals surface area contributed by atoms with Crippen LogP contribution in [-0.2, 0) is 0 Å². The van der Waals surface area contributed by atoms with E-state index in [-0.39, 0.29) is 11.4 Å². The first-order valence-corrected chi connectivity index (χ1v) is 4.91. The molecule has 0 spiro atoms. The second kappa shape index (κ2) is 3.89. The molecule has 0 aliphatic heterocycles. The Morgan fingerprint density at radius 1 is 1.12 bits per heavy atom. The molecule has 0 amide bonds. The molecule has 0 fully saturated rings. The number of benzene rings is 1. The van der Waals surface area contributed by atoms with Gasteiger partial charge >= 0.3 is 0 Å². The first-order chi connectivity index (χ1) is 8.08. The van der Waals surface area contributed by atoms with Crippen LogP contribution < -0.4 is 26.6 Å². The van der Waals surface area contributed by atoms with E-state index in [0.717, 1.165) is 4.68 Å². The van der Waals surface area contributed by atoms with E-state index in [4.69, 9.17) is 21.1 Å². The number of anilines is 1. The van der Waals surface area contributed by atoms with Gasteiger partial charge in [-0.05, 0) is 23.6 Å². The zero-order valence-corrected chi connectivity index (χ0v) is 9.56. The van der Waals surface area contributed by atoms with Crippen LogP contribution >= 0.6 is 0 Å². The summed E-state index contributed by atoms with van der Waals surface area (Å²) >= 11 is 0. The minimum absolute atomic E-state index is 0.190. The van der Waals surface area contributed by atoms with Crippen LogP contribution in [0, 0.1) is 0 Å². The lowest BCUT2D eigenvalue weighted by Gasteiger charge is -2.10. The fourth-order valence-corrected chi connectivity index (χ4v) is 1.68. The molecule has 2 aromatic rings. The second-order valence-corrected chi connectivity index (χ2v) is 3.54. The Bertz CT molecular complexity index is 634. The predicted octanol–water partition coefficient (Wildman–Crippen LogP) is 0.315. The number of hydrogen-bond donors (Lipinski definition) is 2. The number of nitrogens with two attached hydrogens (primary N) is 2. The Morgan fingerprint density at radius 3 is 2.29 bits per heavy atom. The number of ether oxygens (including phenoxy) is 2. The summed E-state index contributed by atoms with van der Waals surface area (Å²) in [4.78, 5) is 11.9. The number of rotatable bonds is 2. The highest BCUT2D eigenvalue weighted by molar-refractivity contribution is 5.87. The normalized spacial score (nSPS) is 10.5. The number of fused-ring (bicyclic) bond motifs is 1. The summed E-state index contributed by atoms with van der Waals surface area (Å²) < 4.78 is 11.2. The minimum Gasteiger partial charge on any atom is -0.493 e. The van der Waals surface area contributed by atoms with Gasteiger partial charge in [0.25, 0.3) is 5.56 Å². The maximum absolute atomic E-state index is 11.9. The molecule has 0 aliphatic carbocycles. The molecule has 6 heteroatoms. The third kappa shape index (κ3) is 1.63. The number of hydrogen-bond acceptors (Lipinski definition) is 5. The van der Waals surface area contributed by atoms with Gasteiger partial charge in [0.2, 0.25) is 0 Å². The van der Waals surface area contributed by atoms with Gasteiger partial charge in [-0.15, -0.1) is 0 Å². The average Bonchev–Trinajstić information content (AvgIpc) is 2.34. The molecular formula is C11H13N3O3. The van der Waals surface area contributed by atoms with E-state index in [1.807, 2.05) is 0 Å². The number of nitrogens with zero attached hydrogens (tertiary/aromatic N) is 1. The summed E-state index contributed by atoms with van der Waals surface area (Å²) in [6, 6.07) is 4.88. The Hall–Kier alpha value is -2.37. The summed E-state index contributed by atoms with van der Waals surface area (Å²) in [6.07, 6.45) is 0. The van der Waals surface area contributed by atoms with Crippen molar-refractivity contribution in [1.29, 1.82) is 0 Å². The highest BCUT2D eigenvalue weighted by Gasteiger charge is 2.10. The van der Waals surface area contributed by atoms with Crippen LogP contribution in [0.4, 0.5) is 5.82 Å². The molecule has 0 radical (unpaired) electrons. The molecule has 0 aliphatic rings. The molecule has 4 N–H and O–H groups in total. The van der Waals surface area contributed by atoms with Gasteiger partial charge in [-0.2, -0.15) is 0 Å². The quantitative estimate of drug-likeness (QED) is 0.731. The summed E-state index contributed by atoms with van der Waals surface area (Å²) in [7, 11) is 3.03. The standard InChI is InChI=1S/C11H13N3O3/c1-16-8-3-6-4-10(12)14(13)11(15)7(6)5-9(8)17-2/h3-5H,12-13H2,1-2H3. The molecular weight excluding hydrogens is 222 g/mol. The zero-order chi connectivity index (χ0) is 12.6. The first kappa shape index (κ1) is 11.1. The fourth-order valence-electron chi connectivity index (χ4n) is 1.68. The Balaban J connectivity index is 2.88. The topological polar surface area (TPSA) is 92.5 Å². The molecule has 0 atom stereocenters. The Morgan fingerprint density at radius 2 is 1.71 bits per heavy atom. The summed E-state index contributed by atoms with van der Waals surface area (Å²) in [5.74, 6) is 6.72. The molecule has 1 aromatic heterocycles. The molecule has 1 aromatic carbocycles. The molecule has 0 bridgehead atoms. The third-order valence-corrected chi connectivity index (χ3v) is 2.59. The fraction of sp³-hybridized carbons (Fsp3) is 0.182. The minimum atomic E-state index is -0.374. The molecule has 0 unspecified atom stereocenters. The van der Waals surface area contributed by atoms with E-state index >= 15 is 0 Å². The van der Waals surface area contributed by atoms with Crippen molar-refractivity contribution in [3.05, 3.63) is 28.6 Å². The van der Waals surface area contributed by atoms with E-state index in [1.165, 1.54) is 14.2 Å². The number of methoxy groups -OCH3 is 2. The van der Waals surface area contributed by atoms with Crippen molar-refractivity contribution < 1.29 is 9.47 Å². The van der Waals surface area contributed by atoms with E-state index in [9.17, 15) is 4.79 Å². The van der Waals surface area contributed by atoms with Crippen molar-refractivity contribution in [1.82, 2.24) is 4.68 Å². The van der Waals surface area contributed by atoms with Crippen LogP contribution in [0.25, 0.3) is 10.8 Å². The van der Waals surface area contributed by atoms with Crippen LogP contribution in [0.5, 0.6) is 11.5 Å². The van der Waals surface area contributed by atoms with Gasteiger partial charge in [0.05, 0.1) is 19.6 Å². The SMILES string of the molecule is COc1cc2cc(N)n(N)c(=O)c2cc1OC. The maximum Gasteiger partial charge on any atom is 0.278 e. The molecule has 6 nitrogen and oxygen atoms in total. The van der Waals surface area contributed by atoms with Gasteiger partial charge in [-0.25, -0.2) is 4.68 Å². The predicted molar refractivity (Wildman–Crippen MR) is 65.9 cm³/mol. The Kier molecular flexibility index (Phi) is 2.55. The van der Waals surface area contributed by atoms with Crippen molar-refractivity contribution in [3.63, 3.8) is 0 Å². The second-order valence-electron chi connectivity index (χ2n) is 3.54. The highest BCUT2D eigenvalue weighted by Crippen LogP contribution is 2.31. The van der Waals surface area contributed by atoms with Gasteiger partial charge in [0.15, 0.2) is 11.5 Å². The number of nitrogen functional groups attached to an aromatic ring is 2. The first-order valence-electron chi connectivity index (χ1n) is 4.91. The van der Waals surface area contributed by atoms with Gasteiger partial charge in [-0.1, -0.05) is 0 Å². The van der Waals surface area contributed by atoms with Crippen molar-refractivity contribution >= 4 is 16.6 Å². The van der Waals surface area contributed by atoms with Crippen molar-refractivity contribution in [2.45, 2.75) is 0 Å². The molecule has 0 saturated heterocycles. The van der Waals surface area contributed by atoms with Crippen LogP contribution in [-0.4, -0.2) is 18.9 Å². The lowest BCUT2D eigenvalue weighted by Crippen LogP contribution is -2.29. The van der Waals surface area contributed by atoms with Crippen molar-refractivity contribution in [3.8, 4) is 11.5 Å². The molecule has 2 rings (SSSR count). The van der Waals surface area contributed by atoms with Gasteiger partial charge in [-0.3, -0.25) is 4.79 Å². The summed E-state index contributed by atoms with van der Waals surface area (Å²) in [5, 5.41) is 1.09.